The Labute approximate surface area is 219 Å². The Kier molecular flexibility index (Phi) is 7.33. The van der Waals surface area contributed by atoms with E-state index >= 15 is 0 Å². The minimum absolute atomic E-state index is 0.107. The van der Waals surface area contributed by atoms with Gasteiger partial charge in [-0.25, -0.2) is 0 Å². The maximum atomic E-state index is 13.5. The van der Waals surface area contributed by atoms with Gasteiger partial charge >= 0.3 is 0 Å². The molecule has 194 valence electrons. The van der Waals surface area contributed by atoms with E-state index in [2.05, 4.69) is 66.3 Å². The summed E-state index contributed by atoms with van der Waals surface area (Å²) in [6.45, 7) is 7.98. The number of aryl methyl sites for hydroxylation is 3. The van der Waals surface area contributed by atoms with Crippen LogP contribution in [-0.4, -0.2) is 57.2 Å². The molecule has 7 heteroatoms. The molecule has 1 saturated heterocycles. The van der Waals surface area contributed by atoms with E-state index in [1.807, 2.05) is 41.0 Å². The van der Waals surface area contributed by atoms with Gasteiger partial charge in [0.2, 0.25) is 0 Å². The number of nitrogens with zero attached hydrogens (tertiary/aromatic N) is 4. The van der Waals surface area contributed by atoms with Gasteiger partial charge in [-0.05, 0) is 63.1 Å². The van der Waals surface area contributed by atoms with Crippen molar-refractivity contribution in [3.8, 4) is 5.75 Å². The number of likely N-dealkylation sites (tertiary alicyclic amines) is 1. The number of piperidine rings is 1. The van der Waals surface area contributed by atoms with E-state index in [9.17, 15) is 4.79 Å². The monoisotopic (exact) mass is 499 g/mol. The number of hydrogen-bond donors (Lipinski definition) is 1. The molecule has 2 aromatic carbocycles. The summed E-state index contributed by atoms with van der Waals surface area (Å²) in [5.41, 5.74) is 6.45. The molecular weight excluding hydrogens is 462 g/mol. The van der Waals surface area contributed by atoms with Crippen molar-refractivity contribution in [1.82, 2.24) is 24.6 Å². The highest BCUT2D eigenvalue weighted by Crippen LogP contribution is 2.27. The lowest BCUT2D eigenvalue weighted by Gasteiger charge is -2.33. The van der Waals surface area contributed by atoms with Gasteiger partial charge in [0, 0.05) is 62.0 Å². The minimum atomic E-state index is 0.107. The second-order valence-corrected chi connectivity index (χ2v) is 10.5. The van der Waals surface area contributed by atoms with Crippen molar-refractivity contribution in [2.45, 2.75) is 39.8 Å². The first-order valence-electron chi connectivity index (χ1n) is 13.1. The Morgan fingerprint density at radius 1 is 1.16 bits per heavy atom. The van der Waals surface area contributed by atoms with Crippen LogP contribution < -0.4 is 4.74 Å². The molecular formula is C30H37N5O2. The molecule has 0 saturated carbocycles. The van der Waals surface area contributed by atoms with Crippen LogP contribution in [0.4, 0.5) is 0 Å². The maximum Gasteiger partial charge on any atom is 0.255 e. The van der Waals surface area contributed by atoms with E-state index in [1.54, 1.807) is 0 Å². The number of hydrogen-bond acceptors (Lipinski definition) is 4. The van der Waals surface area contributed by atoms with Gasteiger partial charge in [0.05, 0.1) is 23.9 Å². The van der Waals surface area contributed by atoms with Crippen molar-refractivity contribution < 1.29 is 9.53 Å². The predicted octanol–water partition coefficient (Wildman–Crippen LogP) is 5.08. The largest absolute Gasteiger partial charge is 0.493 e. The van der Waals surface area contributed by atoms with Gasteiger partial charge in [0.15, 0.2) is 0 Å². The number of nitrogens with one attached hydrogen (secondary N) is 1. The van der Waals surface area contributed by atoms with Crippen LogP contribution in [0.2, 0.25) is 0 Å². The second-order valence-electron chi connectivity index (χ2n) is 10.5. The fraction of sp³-hybridized carbons (Fsp3) is 0.400. The van der Waals surface area contributed by atoms with Crippen molar-refractivity contribution >= 4 is 16.8 Å². The SMILES string of the molecule is Cc1[nH]c2c(C(=O)N3CCC[C@@H](COc4cccc(CN(C)Cc5cnn(C)c5)c4)C3)cccc2c1C. The molecule has 1 N–H and O–H groups in total. The summed E-state index contributed by atoms with van der Waals surface area (Å²) < 4.78 is 8.07. The van der Waals surface area contributed by atoms with Crippen LogP contribution in [0.3, 0.4) is 0 Å². The first-order valence-corrected chi connectivity index (χ1v) is 13.1. The number of benzene rings is 2. The molecule has 5 rings (SSSR count). The fourth-order valence-electron chi connectivity index (χ4n) is 5.40. The predicted molar refractivity (Wildman–Crippen MR) is 147 cm³/mol. The van der Waals surface area contributed by atoms with E-state index < -0.39 is 0 Å². The lowest BCUT2D eigenvalue weighted by atomic mass is 9.97. The number of aromatic nitrogens is 3. The highest BCUT2D eigenvalue weighted by atomic mass is 16.5. The van der Waals surface area contributed by atoms with Gasteiger partial charge in [0.1, 0.15) is 5.75 Å². The Bertz CT molecular complexity index is 1390. The van der Waals surface area contributed by atoms with Crippen LogP contribution in [0.15, 0.2) is 54.9 Å². The molecule has 0 aliphatic carbocycles. The van der Waals surface area contributed by atoms with Crippen LogP contribution in [0.1, 0.15) is 45.6 Å². The van der Waals surface area contributed by atoms with Crippen molar-refractivity contribution in [2.75, 3.05) is 26.7 Å². The topological polar surface area (TPSA) is 66.4 Å². The fourth-order valence-corrected chi connectivity index (χ4v) is 5.40. The molecule has 7 nitrogen and oxygen atoms in total. The molecule has 3 heterocycles. The quantitative estimate of drug-likeness (QED) is 0.367. The molecule has 0 bridgehead atoms. The third-order valence-electron chi connectivity index (χ3n) is 7.43. The molecule has 0 unspecified atom stereocenters. The zero-order chi connectivity index (χ0) is 25.9. The number of para-hydroxylation sites is 1. The Morgan fingerprint density at radius 2 is 1.97 bits per heavy atom. The molecule has 4 aromatic rings. The minimum Gasteiger partial charge on any atom is -0.493 e. The van der Waals surface area contributed by atoms with Crippen LogP contribution in [0, 0.1) is 19.8 Å². The molecule has 37 heavy (non-hydrogen) atoms. The molecule has 0 radical (unpaired) electrons. The third kappa shape index (κ3) is 5.72. The Hall–Kier alpha value is -3.58. The molecule has 0 spiro atoms. The van der Waals surface area contributed by atoms with Crippen molar-refractivity contribution in [1.29, 1.82) is 0 Å². The standard InChI is InChI=1S/C30H37N5O2/c1-21-22(2)32-29-27(21)11-6-12-28(29)30(36)35-13-7-9-24(19-35)20-37-26-10-5-8-23(14-26)16-33(3)17-25-15-31-34(4)18-25/h5-6,8,10-12,14-15,18,24,32H,7,9,13,16-17,19-20H2,1-4H3/t24-/m1/s1. The van der Waals surface area contributed by atoms with Gasteiger partial charge < -0.3 is 14.6 Å². The molecule has 2 aromatic heterocycles. The summed E-state index contributed by atoms with van der Waals surface area (Å²) in [7, 11) is 4.06. The number of aromatic amines is 1. The molecule has 1 fully saturated rings. The number of carbonyl (C=O) groups excluding carboxylic acids is 1. The van der Waals surface area contributed by atoms with Gasteiger partial charge in [-0.15, -0.1) is 0 Å². The van der Waals surface area contributed by atoms with Gasteiger partial charge in [-0.2, -0.15) is 5.10 Å². The number of H-pyrrole nitrogens is 1. The van der Waals surface area contributed by atoms with Crippen LogP contribution >= 0.6 is 0 Å². The zero-order valence-corrected chi connectivity index (χ0v) is 22.3. The lowest BCUT2D eigenvalue weighted by molar-refractivity contribution is 0.0635. The van der Waals surface area contributed by atoms with Crippen LogP contribution in [0.25, 0.3) is 10.9 Å². The molecule has 1 amide bonds. The first kappa shape index (κ1) is 25.1. The van der Waals surface area contributed by atoms with E-state index in [0.29, 0.717) is 12.5 Å². The number of ether oxygens (including phenoxy) is 1. The molecule has 1 aliphatic rings. The Balaban J connectivity index is 1.18. The summed E-state index contributed by atoms with van der Waals surface area (Å²) in [5.74, 6) is 1.31. The summed E-state index contributed by atoms with van der Waals surface area (Å²) in [5, 5.41) is 5.39. The highest BCUT2D eigenvalue weighted by molar-refractivity contribution is 6.06. The van der Waals surface area contributed by atoms with Gasteiger partial charge in [-0.1, -0.05) is 24.3 Å². The van der Waals surface area contributed by atoms with Crippen molar-refractivity contribution in [2.24, 2.45) is 13.0 Å². The summed E-state index contributed by atoms with van der Waals surface area (Å²) in [6, 6.07) is 14.4. The van der Waals surface area contributed by atoms with Crippen LogP contribution in [-0.2, 0) is 20.1 Å². The lowest BCUT2D eigenvalue weighted by Crippen LogP contribution is -2.41. The van der Waals surface area contributed by atoms with Crippen molar-refractivity contribution in [3.05, 3.63) is 82.8 Å². The summed E-state index contributed by atoms with van der Waals surface area (Å²) in [6.07, 6.45) is 6.03. The van der Waals surface area contributed by atoms with Gasteiger partial charge in [-0.3, -0.25) is 14.4 Å². The third-order valence-corrected chi connectivity index (χ3v) is 7.43. The van der Waals surface area contributed by atoms with Crippen LogP contribution in [0.5, 0.6) is 5.75 Å². The van der Waals surface area contributed by atoms with Gasteiger partial charge in [0.25, 0.3) is 5.91 Å². The number of fused-ring (bicyclic) bond motifs is 1. The van der Waals surface area contributed by atoms with E-state index in [-0.39, 0.29) is 5.91 Å². The van der Waals surface area contributed by atoms with E-state index in [4.69, 9.17) is 4.74 Å². The van der Waals surface area contributed by atoms with E-state index in [1.165, 1.54) is 16.7 Å². The average Bonchev–Trinajstić information content (AvgIpc) is 3.43. The first-order chi connectivity index (χ1) is 17.9. The number of carbonyl (C=O) groups is 1. The number of amides is 1. The summed E-state index contributed by atoms with van der Waals surface area (Å²) in [4.78, 5) is 21.2. The maximum absolute atomic E-state index is 13.5. The average molecular weight is 500 g/mol. The zero-order valence-electron chi connectivity index (χ0n) is 22.3. The smallest absolute Gasteiger partial charge is 0.255 e. The number of rotatable bonds is 8. The highest BCUT2D eigenvalue weighted by Gasteiger charge is 2.26. The Morgan fingerprint density at radius 3 is 2.78 bits per heavy atom. The second kappa shape index (κ2) is 10.8. The molecule has 1 atom stereocenters. The van der Waals surface area contributed by atoms with Crippen molar-refractivity contribution in [3.63, 3.8) is 0 Å². The summed E-state index contributed by atoms with van der Waals surface area (Å²) >= 11 is 0. The molecule has 1 aliphatic heterocycles. The normalized spacial score (nSPS) is 16.0. The van der Waals surface area contributed by atoms with E-state index in [0.717, 1.165) is 66.9 Å².